The van der Waals surface area contributed by atoms with Gasteiger partial charge in [-0.3, -0.25) is 14.4 Å². The standard InChI is InChI=1S/C11H19N5O3/c1-8(2)5-15(7-10(12)17)3-4-16-6-9(11(18)19)13-14-16/h6,8H,3-5,7H2,1-2H3,(H2,12,17)(H,18,19). The highest BCUT2D eigenvalue weighted by atomic mass is 16.4. The number of nitrogens with zero attached hydrogens (tertiary/aromatic N) is 4. The van der Waals surface area contributed by atoms with Crippen molar-refractivity contribution in [3.8, 4) is 0 Å². The molecule has 19 heavy (non-hydrogen) atoms. The summed E-state index contributed by atoms with van der Waals surface area (Å²) in [6, 6.07) is 0. The molecule has 3 N–H and O–H groups in total. The van der Waals surface area contributed by atoms with E-state index < -0.39 is 5.97 Å². The Balaban J connectivity index is 2.54. The number of hydrogen-bond acceptors (Lipinski definition) is 5. The van der Waals surface area contributed by atoms with Gasteiger partial charge in [0.05, 0.1) is 19.3 Å². The smallest absolute Gasteiger partial charge is 0.358 e. The molecule has 0 aliphatic rings. The van der Waals surface area contributed by atoms with E-state index in [1.165, 1.54) is 10.9 Å². The Labute approximate surface area is 111 Å². The van der Waals surface area contributed by atoms with Crippen molar-refractivity contribution >= 4 is 11.9 Å². The van der Waals surface area contributed by atoms with Gasteiger partial charge in [0, 0.05) is 13.1 Å². The Kier molecular flexibility index (Phi) is 5.43. The number of aromatic nitrogens is 3. The fourth-order valence-corrected chi connectivity index (χ4v) is 1.72. The molecular formula is C11H19N5O3. The number of rotatable bonds is 8. The highest BCUT2D eigenvalue weighted by Gasteiger charge is 2.12. The molecular weight excluding hydrogens is 250 g/mol. The minimum atomic E-state index is -1.11. The quantitative estimate of drug-likeness (QED) is 0.652. The van der Waals surface area contributed by atoms with Crippen molar-refractivity contribution in [2.45, 2.75) is 20.4 Å². The van der Waals surface area contributed by atoms with Gasteiger partial charge in [0.1, 0.15) is 0 Å². The molecule has 0 atom stereocenters. The zero-order valence-corrected chi connectivity index (χ0v) is 11.1. The number of carbonyl (C=O) groups excluding carboxylic acids is 1. The predicted molar refractivity (Wildman–Crippen MR) is 67.5 cm³/mol. The van der Waals surface area contributed by atoms with Crippen LogP contribution in [0, 0.1) is 5.92 Å². The molecule has 0 aromatic carbocycles. The van der Waals surface area contributed by atoms with Crippen LogP contribution in [0.3, 0.4) is 0 Å². The lowest BCUT2D eigenvalue weighted by atomic mass is 10.2. The van der Waals surface area contributed by atoms with Crippen molar-refractivity contribution in [2.24, 2.45) is 11.7 Å². The molecule has 0 radical (unpaired) electrons. The van der Waals surface area contributed by atoms with E-state index >= 15 is 0 Å². The molecule has 0 aliphatic heterocycles. The first-order valence-corrected chi connectivity index (χ1v) is 6.02. The average Bonchev–Trinajstić information content (AvgIpc) is 2.73. The third kappa shape index (κ3) is 5.47. The van der Waals surface area contributed by atoms with Gasteiger partial charge < -0.3 is 10.8 Å². The zero-order valence-electron chi connectivity index (χ0n) is 11.1. The normalized spacial score (nSPS) is 11.2. The van der Waals surface area contributed by atoms with Crippen LogP contribution in [-0.4, -0.2) is 56.5 Å². The molecule has 1 amide bonds. The van der Waals surface area contributed by atoms with Crippen molar-refractivity contribution in [3.05, 3.63) is 11.9 Å². The highest BCUT2D eigenvalue weighted by Crippen LogP contribution is 2.00. The van der Waals surface area contributed by atoms with Crippen molar-refractivity contribution < 1.29 is 14.7 Å². The van der Waals surface area contributed by atoms with Crippen LogP contribution in [0.1, 0.15) is 24.3 Å². The second kappa shape index (κ2) is 6.83. The third-order valence-corrected chi connectivity index (χ3v) is 2.41. The van der Waals surface area contributed by atoms with E-state index in [1.807, 2.05) is 18.7 Å². The summed E-state index contributed by atoms with van der Waals surface area (Å²) in [4.78, 5) is 23.5. The van der Waals surface area contributed by atoms with E-state index in [-0.39, 0.29) is 18.1 Å². The van der Waals surface area contributed by atoms with E-state index in [1.54, 1.807) is 0 Å². The molecule has 0 unspecified atom stereocenters. The van der Waals surface area contributed by atoms with E-state index in [2.05, 4.69) is 10.3 Å². The molecule has 0 spiro atoms. The second-order valence-electron chi connectivity index (χ2n) is 4.77. The minimum absolute atomic E-state index is 0.0923. The number of carbonyl (C=O) groups is 2. The summed E-state index contributed by atoms with van der Waals surface area (Å²) in [6.07, 6.45) is 1.36. The highest BCUT2D eigenvalue weighted by molar-refractivity contribution is 5.84. The van der Waals surface area contributed by atoms with E-state index in [4.69, 9.17) is 10.8 Å². The summed E-state index contributed by atoms with van der Waals surface area (Å²) in [6.45, 7) is 6.03. The molecule has 0 saturated heterocycles. The van der Waals surface area contributed by atoms with E-state index in [9.17, 15) is 9.59 Å². The molecule has 0 bridgehead atoms. The van der Waals surface area contributed by atoms with Crippen LogP contribution in [0.4, 0.5) is 0 Å². The molecule has 1 rings (SSSR count). The van der Waals surface area contributed by atoms with Crippen LogP contribution in [0.15, 0.2) is 6.20 Å². The second-order valence-corrected chi connectivity index (χ2v) is 4.77. The molecule has 1 heterocycles. The van der Waals surface area contributed by atoms with Crippen LogP contribution in [0.5, 0.6) is 0 Å². The fraction of sp³-hybridized carbons (Fsp3) is 0.636. The van der Waals surface area contributed by atoms with Crippen molar-refractivity contribution in [1.82, 2.24) is 19.9 Å². The first-order chi connectivity index (χ1) is 8.88. The summed E-state index contributed by atoms with van der Waals surface area (Å²) in [5.41, 5.74) is 5.10. The summed E-state index contributed by atoms with van der Waals surface area (Å²) in [5, 5.41) is 16.0. The Bertz CT molecular complexity index is 443. The van der Waals surface area contributed by atoms with Crippen LogP contribution >= 0.6 is 0 Å². The van der Waals surface area contributed by atoms with Gasteiger partial charge in [-0.2, -0.15) is 0 Å². The lowest BCUT2D eigenvalue weighted by Gasteiger charge is -2.22. The Hall–Kier alpha value is -1.96. The molecule has 1 aromatic heterocycles. The van der Waals surface area contributed by atoms with Gasteiger partial charge in [-0.25, -0.2) is 4.79 Å². The number of carboxylic acid groups (broad SMARTS) is 1. The largest absolute Gasteiger partial charge is 0.476 e. The molecule has 0 fully saturated rings. The maximum absolute atomic E-state index is 11.0. The number of primary amides is 1. The molecule has 8 nitrogen and oxygen atoms in total. The molecule has 0 aliphatic carbocycles. The Morgan fingerprint density at radius 2 is 2.21 bits per heavy atom. The average molecular weight is 269 g/mol. The molecule has 0 saturated carbocycles. The topological polar surface area (TPSA) is 114 Å². The summed E-state index contributed by atoms with van der Waals surface area (Å²) < 4.78 is 1.44. The van der Waals surface area contributed by atoms with Crippen molar-refractivity contribution in [2.75, 3.05) is 19.6 Å². The predicted octanol–water partition coefficient (Wildman–Crippen LogP) is -0.580. The van der Waals surface area contributed by atoms with Crippen LogP contribution < -0.4 is 5.73 Å². The number of nitrogens with two attached hydrogens (primary N) is 1. The number of carboxylic acids is 1. The van der Waals surface area contributed by atoms with Crippen molar-refractivity contribution in [1.29, 1.82) is 0 Å². The van der Waals surface area contributed by atoms with Gasteiger partial charge in [0.25, 0.3) is 0 Å². The number of amides is 1. The number of hydrogen-bond donors (Lipinski definition) is 2. The van der Waals surface area contributed by atoms with Crippen LogP contribution in [0.2, 0.25) is 0 Å². The summed E-state index contributed by atoms with van der Waals surface area (Å²) >= 11 is 0. The summed E-state index contributed by atoms with van der Waals surface area (Å²) in [5.74, 6) is -1.09. The first kappa shape index (κ1) is 15.1. The molecule has 1 aromatic rings. The maximum Gasteiger partial charge on any atom is 0.358 e. The third-order valence-electron chi connectivity index (χ3n) is 2.41. The lowest BCUT2D eigenvalue weighted by Crippen LogP contribution is -2.38. The van der Waals surface area contributed by atoms with Gasteiger partial charge in [-0.1, -0.05) is 19.1 Å². The van der Waals surface area contributed by atoms with E-state index in [0.29, 0.717) is 19.0 Å². The van der Waals surface area contributed by atoms with E-state index in [0.717, 1.165) is 6.54 Å². The van der Waals surface area contributed by atoms with Crippen molar-refractivity contribution in [3.63, 3.8) is 0 Å². The SMILES string of the molecule is CC(C)CN(CCn1cc(C(=O)O)nn1)CC(N)=O. The number of aromatic carboxylic acids is 1. The zero-order chi connectivity index (χ0) is 14.4. The molecule has 106 valence electrons. The van der Waals surface area contributed by atoms with Gasteiger partial charge in [-0.05, 0) is 5.92 Å². The van der Waals surface area contributed by atoms with Crippen LogP contribution in [-0.2, 0) is 11.3 Å². The van der Waals surface area contributed by atoms with Gasteiger partial charge in [0.2, 0.25) is 5.91 Å². The van der Waals surface area contributed by atoms with Gasteiger partial charge in [0.15, 0.2) is 5.69 Å². The maximum atomic E-state index is 11.0. The van der Waals surface area contributed by atoms with Gasteiger partial charge >= 0.3 is 5.97 Å². The minimum Gasteiger partial charge on any atom is -0.476 e. The monoisotopic (exact) mass is 269 g/mol. The molecule has 8 heteroatoms. The summed E-state index contributed by atoms with van der Waals surface area (Å²) in [7, 11) is 0. The fourth-order valence-electron chi connectivity index (χ4n) is 1.72. The van der Waals surface area contributed by atoms with Gasteiger partial charge in [-0.15, -0.1) is 5.10 Å². The van der Waals surface area contributed by atoms with Crippen LogP contribution in [0.25, 0.3) is 0 Å². The Morgan fingerprint density at radius 1 is 1.53 bits per heavy atom. The Morgan fingerprint density at radius 3 is 2.68 bits per heavy atom. The first-order valence-electron chi connectivity index (χ1n) is 6.02. The lowest BCUT2D eigenvalue weighted by molar-refractivity contribution is -0.119.